The van der Waals surface area contributed by atoms with Crippen molar-refractivity contribution in [2.75, 3.05) is 18.6 Å². The lowest BCUT2D eigenvalue weighted by Crippen LogP contribution is -2.48. The van der Waals surface area contributed by atoms with E-state index in [-0.39, 0.29) is 18.4 Å². The van der Waals surface area contributed by atoms with E-state index < -0.39 is 6.04 Å². The van der Waals surface area contributed by atoms with Gasteiger partial charge in [0.25, 0.3) is 11.8 Å². The molecule has 7 heteroatoms. The first-order chi connectivity index (χ1) is 11.5. The fraction of sp³-hybridized carbons (Fsp3) is 0.353. The van der Waals surface area contributed by atoms with Gasteiger partial charge in [0.05, 0.1) is 0 Å². The molecule has 0 spiro atoms. The molecule has 0 saturated carbocycles. The molecule has 0 aliphatic carbocycles. The molecule has 0 fully saturated rings. The van der Waals surface area contributed by atoms with Gasteiger partial charge in [-0.3, -0.25) is 9.59 Å². The first-order valence-electron chi connectivity index (χ1n) is 7.58. The first kappa shape index (κ1) is 17.9. The van der Waals surface area contributed by atoms with Crippen LogP contribution in [0.15, 0.2) is 30.3 Å². The zero-order valence-electron chi connectivity index (χ0n) is 13.9. The van der Waals surface area contributed by atoms with E-state index in [9.17, 15) is 9.59 Å². The number of carbonyl (C=O) groups is 2. The first-order valence-corrected chi connectivity index (χ1v) is 8.98. The number of rotatable bonds is 6. The number of fused-ring (bicyclic) bond motifs is 1. The Labute approximate surface area is 145 Å². The number of aryl methyl sites for hydroxylation is 1. The number of amides is 2. The van der Waals surface area contributed by atoms with Crippen LogP contribution in [0.3, 0.4) is 0 Å². The molecule has 0 aliphatic rings. The predicted molar refractivity (Wildman–Crippen MR) is 95.6 cm³/mol. The summed E-state index contributed by atoms with van der Waals surface area (Å²) in [5, 5.41) is 12.8. The van der Waals surface area contributed by atoms with Gasteiger partial charge >= 0.3 is 0 Å². The Bertz CT molecular complexity index is 793. The van der Waals surface area contributed by atoms with Crippen LogP contribution < -0.4 is 5.32 Å². The molecule has 2 rings (SSSR count). The van der Waals surface area contributed by atoms with Crippen molar-refractivity contribution in [1.29, 1.82) is 5.26 Å². The van der Waals surface area contributed by atoms with Crippen molar-refractivity contribution in [3.8, 4) is 6.19 Å². The fourth-order valence-corrected chi connectivity index (χ4v) is 3.10. The summed E-state index contributed by atoms with van der Waals surface area (Å²) in [5.41, 5.74) is 1.43. The molecule has 126 valence electrons. The largest absolute Gasteiger partial charge is 0.340 e. The molecule has 0 saturated heterocycles. The number of hydrogen-bond donors (Lipinski definition) is 1. The van der Waals surface area contributed by atoms with Crippen LogP contribution in [0, 0.1) is 11.5 Å². The number of nitrogens with zero attached hydrogens (tertiary/aromatic N) is 3. The lowest BCUT2D eigenvalue weighted by atomic mass is 10.2. The van der Waals surface area contributed by atoms with Gasteiger partial charge in [-0.2, -0.15) is 17.0 Å². The number of nitriles is 1. The average molecular weight is 344 g/mol. The van der Waals surface area contributed by atoms with Crippen molar-refractivity contribution in [3.05, 3.63) is 36.0 Å². The third kappa shape index (κ3) is 3.54. The molecular formula is C17H20N4O2S. The molecule has 6 nitrogen and oxygen atoms in total. The molecule has 24 heavy (non-hydrogen) atoms. The van der Waals surface area contributed by atoms with Gasteiger partial charge in [0.15, 0.2) is 6.19 Å². The number of hydrogen-bond acceptors (Lipinski definition) is 4. The predicted octanol–water partition coefficient (Wildman–Crippen LogP) is 1.97. The van der Waals surface area contributed by atoms with Gasteiger partial charge in [0.2, 0.25) is 0 Å². The minimum absolute atomic E-state index is 0.282. The molecule has 1 unspecified atom stereocenters. The van der Waals surface area contributed by atoms with Crippen LogP contribution in [-0.2, 0) is 11.8 Å². The highest BCUT2D eigenvalue weighted by Crippen LogP contribution is 2.18. The average Bonchev–Trinajstić information content (AvgIpc) is 2.93. The van der Waals surface area contributed by atoms with E-state index in [1.54, 1.807) is 17.6 Å². The number of para-hydroxylation sites is 1. The Morgan fingerprint density at radius 3 is 2.71 bits per heavy atom. The maximum atomic E-state index is 12.6. The molecule has 1 atom stereocenters. The van der Waals surface area contributed by atoms with Gasteiger partial charge < -0.3 is 9.88 Å². The number of aromatic nitrogens is 1. The zero-order chi connectivity index (χ0) is 17.7. The summed E-state index contributed by atoms with van der Waals surface area (Å²) in [4.78, 5) is 26.1. The van der Waals surface area contributed by atoms with E-state index in [2.05, 4.69) is 5.32 Å². The number of benzene rings is 1. The normalized spacial score (nSPS) is 11.8. The second kappa shape index (κ2) is 7.88. The third-order valence-electron chi connectivity index (χ3n) is 3.82. The fourth-order valence-electron chi connectivity index (χ4n) is 2.54. The van der Waals surface area contributed by atoms with Crippen molar-refractivity contribution in [1.82, 2.24) is 14.8 Å². The van der Waals surface area contributed by atoms with Gasteiger partial charge in [-0.15, -0.1) is 0 Å². The lowest BCUT2D eigenvalue weighted by Gasteiger charge is -2.21. The van der Waals surface area contributed by atoms with Crippen LogP contribution in [0.2, 0.25) is 0 Å². The molecule has 2 amide bonds. The van der Waals surface area contributed by atoms with Crippen molar-refractivity contribution in [2.45, 2.75) is 13.0 Å². The van der Waals surface area contributed by atoms with Crippen molar-refractivity contribution in [2.24, 2.45) is 7.05 Å². The van der Waals surface area contributed by atoms with Crippen LogP contribution >= 0.6 is 11.8 Å². The summed E-state index contributed by atoms with van der Waals surface area (Å²) in [6, 6.07) is 8.76. The number of carbonyl (C=O) groups excluding carboxylic acids is 2. The van der Waals surface area contributed by atoms with Gasteiger partial charge in [0, 0.05) is 30.2 Å². The molecule has 0 bridgehead atoms. The number of thioether (sulfide) groups is 1. The summed E-state index contributed by atoms with van der Waals surface area (Å²) in [5.74, 6) is -0.302. The Morgan fingerprint density at radius 1 is 1.42 bits per heavy atom. The van der Waals surface area contributed by atoms with Crippen LogP contribution in [0.5, 0.6) is 0 Å². The maximum absolute atomic E-state index is 12.6. The molecule has 1 heterocycles. The van der Waals surface area contributed by atoms with Gasteiger partial charge in [-0.25, -0.2) is 4.90 Å². The zero-order valence-corrected chi connectivity index (χ0v) is 14.8. The minimum atomic E-state index is -0.731. The summed E-state index contributed by atoms with van der Waals surface area (Å²) >= 11 is 1.44. The minimum Gasteiger partial charge on any atom is -0.340 e. The monoisotopic (exact) mass is 344 g/mol. The topological polar surface area (TPSA) is 78.1 Å². The summed E-state index contributed by atoms with van der Waals surface area (Å²) < 4.78 is 1.80. The molecule has 1 N–H and O–H groups in total. The summed E-state index contributed by atoms with van der Waals surface area (Å²) in [7, 11) is 1.82. The quantitative estimate of drug-likeness (QED) is 0.642. The highest BCUT2D eigenvalue weighted by molar-refractivity contribution is 7.98. The highest BCUT2D eigenvalue weighted by Gasteiger charge is 2.26. The van der Waals surface area contributed by atoms with E-state index in [0.29, 0.717) is 11.4 Å². The van der Waals surface area contributed by atoms with Crippen molar-refractivity contribution >= 4 is 34.5 Å². The molecular weight excluding hydrogens is 324 g/mol. The smallest absolute Gasteiger partial charge is 0.268 e. The molecule has 1 aromatic carbocycles. The van der Waals surface area contributed by atoms with Crippen molar-refractivity contribution in [3.63, 3.8) is 0 Å². The van der Waals surface area contributed by atoms with Gasteiger partial charge in [-0.1, -0.05) is 18.2 Å². The Hall–Kier alpha value is -2.46. The van der Waals surface area contributed by atoms with E-state index >= 15 is 0 Å². The Kier molecular flexibility index (Phi) is 5.88. The highest BCUT2D eigenvalue weighted by atomic mass is 32.2. The maximum Gasteiger partial charge on any atom is 0.268 e. The summed E-state index contributed by atoms with van der Waals surface area (Å²) in [6.07, 6.45) is 3.71. The second-order valence-electron chi connectivity index (χ2n) is 5.31. The van der Waals surface area contributed by atoms with Crippen molar-refractivity contribution < 1.29 is 9.59 Å². The van der Waals surface area contributed by atoms with Gasteiger partial charge in [-0.05, 0) is 25.3 Å². The standard InChI is InChI=1S/C17H20N4O2S/c1-4-21(11-18)17(23)13(10-24-3)19-16(22)15-9-12-7-5-6-8-14(12)20(15)2/h5-9,13H,4,10H2,1-3H3,(H,19,22). The number of nitrogens with one attached hydrogen (secondary N) is 1. The van der Waals surface area contributed by atoms with E-state index in [0.717, 1.165) is 15.8 Å². The van der Waals surface area contributed by atoms with Crippen LogP contribution in [0.4, 0.5) is 0 Å². The van der Waals surface area contributed by atoms with E-state index in [1.807, 2.05) is 43.8 Å². The molecule has 2 aromatic rings. The molecule has 1 aromatic heterocycles. The Balaban J connectivity index is 2.25. The van der Waals surface area contributed by atoms with Crippen LogP contribution in [-0.4, -0.2) is 45.9 Å². The van der Waals surface area contributed by atoms with E-state index in [1.165, 1.54) is 11.8 Å². The second-order valence-corrected chi connectivity index (χ2v) is 6.22. The molecule has 0 radical (unpaired) electrons. The SMILES string of the molecule is CCN(C#N)C(=O)C(CSC)NC(=O)c1cc2ccccc2n1C. The van der Waals surface area contributed by atoms with Crippen LogP contribution in [0.1, 0.15) is 17.4 Å². The van der Waals surface area contributed by atoms with Gasteiger partial charge in [0.1, 0.15) is 11.7 Å². The molecule has 0 aliphatic heterocycles. The van der Waals surface area contributed by atoms with Crippen LogP contribution in [0.25, 0.3) is 10.9 Å². The third-order valence-corrected chi connectivity index (χ3v) is 4.49. The van der Waals surface area contributed by atoms with E-state index in [4.69, 9.17) is 5.26 Å². The number of likely N-dealkylation sites (N-methyl/N-ethyl adjacent to an activating group) is 1. The summed E-state index contributed by atoms with van der Waals surface area (Å²) in [6.45, 7) is 2.01. The lowest BCUT2D eigenvalue weighted by molar-refractivity contribution is -0.129. The Morgan fingerprint density at radius 2 is 2.12 bits per heavy atom.